The van der Waals surface area contributed by atoms with Crippen LogP contribution in [-0.4, -0.2) is 60.2 Å². The Morgan fingerprint density at radius 1 is 1.24 bits per heavy atom. The summed E-state index contributed by atoms with van der Waals surface area (Å²) in [6.07, 6.45) is -0.340. The number of hydrogen-bond acceptors (Lipinski definition) is 4. The van der Waals surface area contributed by atoms with Crippen molar-refractivity contribution in [2.75, 3.05) is 26.7 Å². The van der Waals surface area contributed by atoms with Gasteiger partial charge in [-0.2, -0.15) is 0 Å². The maximum Gasteiger partial charge on any atom is 0.410 e. The van der Waals surface area contributed by atoms with E-state index in [0.29, 0.717) is 30.9 Å². The normalized spacial score (nSPS) is 18.1. The number of piperazine rings is 1. The fourth-order valence-corrected chi connectivity index (χ4v) is 3.09. The number of methoxy groups -OCH3 is 1. The van der Waals surface area contributed by atoms with E-state index < -0.39 is 5.60 Å². The van der Waals surface area contributed by atoms with Crippen molar-refractivity contribution in [3.8, 4) is 5.75 Å². The molecule has 0 aliphatic carbocycles. The Kier molecular flexibility index (Phi) is 5.98. The van der Waals surface area contributed by atoms with Gasteiger partial charge in [0.2, 0.25) is 0 Å². The lowest BCUT2D eigenvalue weighted by molar-refractivity contribution is 0.00610. The molecule has 7 heteroatoms. The van der Waals surface area contributed by atoms with E-state index in [1.807, 2.05) is 33.8 Å². The first-order valence-electron chi connectivity index (χ1n) is 8.25. The van der Waals surface area contributed by atoms with Gasteiger partial charge in [0.05, 0.1) is 12.7 Å². The second-order valence-corrected chi connectivity index (χ2v) is 8.03. The molecule has 1 atom stereocenters. The number of ether oxygens (including phenoxy) is 2. The average molecular weight is 413 g/mol. The number of halogens is 1. The van der Waals surface area contributed by atoms with Crippen LogP contribution in [0, 0.1) is 0 Å². The maximum atomic E-state index is 12.9. The second-order valence-electron chi connectivity index (χ2n) is 7.12. The number of rotatable bonds is 2. The molecule has 1 aliphatic rings. The fraction of sp³-hybridized carbons (Fsp3) is 0.556. The van der Waals surface area contributed by atoms with Gasteiger partial charge in [0.15, 0.2) is 0 Å². The highest BCUT2D eigenvalue weighted by Crippen LogP contribution is 2.26. The van der Waals surface area contributed by atoms with E-state index in [1.54, 1.807) is 29.0 Å². The van der Waals surface area contributed by atoms with E-state index in [0.717, 1.165) is 4.47 Å². The predicted octanol–water partition coefficient (Wildman–Crippen LogP) is 3.54. The highest BCUT2D eigenvalue weighted by atomic mass is 79.9. The van der Waals surface area contributed by atoms with Crippen LogP contribution in [-0.2, 0) is 4.74 Å². The molecule has 0 bridgehead atoms. The minimum atomic E-state index is -0.530. The van der Waals surface area contributed by atoms with Crippen molar-refractivity contribution in [2.45, 2.75) is 39.3 Å². The van der Waals surface area contributed by atoms with Gasteiger partial charge in [-0.25, -0.2) is 4.79 Å². The smallest absolute Gasteiger partial charge is 0.410 e. The first-order chi connectivity index (χ1) is 11.6. The van der Waals surface area contributed by atoms with Crippen molar-refractivity contribution in [2.24, 2.45) is 0 Å². The summed E-state index contributed by atoms with van der Waals surface area (Å²) >= 11 is 3.38. The van der Waals surface area contributed by atoms with E-state index in [9.17, 15) is 9.59 Å². The van der Waals surface area contributed by atoms with Gasteiger partial charge in [-0.1, -0.05) is 15.9 Å². The largest absolute Gasteiger partial charge is 0.496 e. The van der Waals surface area contributed by atoms with Gasteiger partial charge in [0.25, 0.3) is 5.91 Å². The first-order valence-corrected chi connectivity index (χ1v) is 9.04. The Hall–Kier alpha value is -1.76. The minimum Gasteiger partial charge on any atom is -0.496 e. The third kappa shape index (κ3) is 4.87. The molecule has 2 amide bonds. The van der Waals surface area contributed by atoms with Crippen molar-refractivity contribution in [3.63, 3.8) is 0 Å². The SMILES string of the molecule is COc1cc(Br)ccc1C(=O)N1CCN(C(=O)OC(C)(C)C)C[C@@H]1C. The number of amides is 2. The summed E-state index contributed by atoms with van der Waals surface area (Å²) in [6.45, 7) is 8.80. The Balaban J connectivity index is 2.09. The molecule has 0 aromatic heterocycles. The minimum absolute atomic E-state index is 0.0966. The molecule has 2 rings (SSSR count). The van der Waals surface area contributed by atoms with Gasteiger partial charge in [-0.15, -0.1) is 0 Å². The van der Waals surface area contributed by atoms with E-state index in [-0.39, 0.29) is 18.0 Å². The molecular formula is C18H25BrN2O4. The average Bonchev–Trinajstić information content (AvgIpc) is 2.52. The summed E-state index contributed by atoms with van der Waals surface area (Å²) < 4.78 is 11.6. The van der Waals surface area contributed by atoms with E-state index in [1.165, 1.54) is 0 Å². The molecular weight excluding hydrogens is 388 g/mol. The Morgan fingerprint density at radius 2 is 1.92 bits per heavy atom. The maximum absolute atomic E-state index is 12.9. The summed E-state index contributed by atoms with van der Waals surface area (Å²) in [5.74, 6) is 0.432. The summed E-state index contributed by atoms with van der Waals surface area (Å²) in [5.41, 5.74) is -0.0128. The quantitative estimate of drug-likeness (QED) is 0.744. The Morgan fingerprint density at radius 3 is 2.48 bits per heavy atom. The standard InChI is InChI=1S/C18H25BrN2O4/c1-12-11-20(17(23)25-18(2,3)4)8-9-21(12)16(22)14-7-6-13(19)10-15(14)24-5/h6-7,10,12H,8-9,11H2,1-5H3/t12-/m0/s1. The van der Waals surface area contributed by atoms with Gasteiger partial charge in [0.1, 0.15) is 11.4 Å². The number of carbonyl (C=O) groups excluding carboxylic acids is 2. The van der Waals surface area contributed by atoms with Crippen LogP contribution in [0.5, 0.6) is 5.75 Å². The van der Waals surface area contributed by atoms with Crippen LogP contribution >= 0.6 is 15.9 Å². The zero-order chi connectivity index (χ0) is 18.8. The summed E-state index contributed by atoms with van der Waals surface area (Å²) in [4.78, 5) is 28.5. The van der Waals surface area contributed by atoms with Crippen molar-refractivity contribution in [1.29, 1.82) is 0 Å². The van der Waals surface area contributed by atoms with E-state index >= 15 is 0 Å². The van der Waals surface area contributed by atoms with Crippen LogP contribution in [0.2, 0.25) is 0 Å². The fourth-order valence-electron chi connectivity index (χ4n) is 2.75. The molecule has 0 saturated carbocycles. The lowest BCUT2D eigenvalue weighted by Gasteiger charge is -2.40. The topological polar surface area (TPSA) is 59.1 Å². The van der Waals surface area contributed by atoms with Gasteiger partial charge >= 0.3 is 6.09 Å². The predicted molar refractivity (Wildman–Crippen MR) is 99.0 cm³/mol. The second kappa shape index (κ2) is 7.64. The first kappa shape index (κ1) is 19.6. The van der Waals surface area contributed by atoms with Gasteiger partial charge < -0.3 is 19.3 Å². The highest BCUT2D eigenvalue weighted by Gasteiger charge is 2.33. The van der Waals surface area contributed by atoms with Crippen LogP contribution in [0.25, 0.3) is 0 Å². The number of benzene rings is 1. The molecule has 6 nitrogen and oxygen atoms in total. The summed E-state index contributed by atoms with van der Waals surface area (Å²) in [6, 6.07) is 5.23. The molecule has 1 aromatic carbocycles. The molecule has 0 radical (unpaired) electrons. The van der Waals surface area contributed by atoms with E-state index in [2.05, 4.69) is 15.9 Å². The molecule has 1 fully saturated rings. The highest BCUT2D eigenvalue weighted by molar-refractivity contribution is 9.10. The Bertz CT molecular complexity index is 657. The van der Waals surface area contributed by atoms with Crippen LogP contribution in [0.4, 0.5) is 4.79 Å². The monoisotopic (exact) mass is 412 g/mol. The van der Waals surface area contributed by atoms with Gasteiger partial charge in [-0.3, -0.25) is 4.79 Å². The van der Waals surface area contributed by atoms with E-state index in [4.69, 9.17) is 9.47 Å². The summed E-state index contributed by atoms with van der Waals surface area (Å²) in [5, 5.41) is 0. The number of carbonyl (C=O) groups is 2. The van der Waals surface area contributed by atoms with Crippen molar-refractivity contribution >= 4 is 27.9 Å². The van der Waals surface area contributed by atoms with Crippen molar-refractivity contribution in [3.05, 3.63) is 28.2 Å². The van der Waals surface area contributed by atoms with Gasteiger partial charge in [0, 0.05) is 30.1 Å². The molecule has 1 aliphatic heterocycles. The Labute approximate surface area is 157 Å². The molecule has 0 N–H and O–H groups in total. The molecule has 25 heavy (non-hydrogen) atoms. The third-order valence-electron chi connectivity index (χ3n) is 3.93. The molecule has 1 aromatic rings. The molecule has 1 heterocycles. The van der Waals surface area contributed by atoms with Gasteiger partial charge in [-0.05, 0) is 45.9 Å². The molecule has 138 valence electrons. The number of nitrogens with zero attached hydrogens (tertiary/aromatic N) is 2. The van der Waals surface area contributed by atoms with Crippen LogP contribution < -0.4 is 4.74 Å². The number of hydrogen-bond donors (Lipinski definition) is 0. The lowest BCUT2D eigenvalue weighted by Crippen LogP contribution is -2.56. The van der Waals surface area contributed by atoms with Crippen molar-refractivity contribution < 1.29 is 19.1 Å². The van der Waals surface area contributed by atoms with Crippen molar-refractivity contribution in [1.82, 2.24) is 9.80 Å². The zero-order valence-electron chi connectivity index (χ0n) is 15.3. The molecule has 1 saturated heterocycles. The van der Waals surface area contributed by atoms with Crippen LogP contribution in [0.1, 0.15) is 38.1 Å². The lowest BCUT2D eigenvalue weighted by atomic mass is 10.1. The third-order valence-corrected chi connectivity index (χ3v) is 4.43. The van der Waals surface area contributed by atoms with Crippen LogP contribution in [0.15, 0.2) is 22.7 Å². The molecule has 0 spiro atoms. The summed E-state index contributed by atoms with van der Waals surface area (Å²) in [7, 11) is 1.54. The molecule has 0 unspecified atom stereocenters. The van der Waals surface area contributed by atoms with Crippen LogP contribution in [0.3, 0.4) is 0 Å². The zero-order valence-corrected chi connectivity index (χ0v) is 16.9.